The zero-order valence-electron chi connectivity index (χ0n) is 26.7. The van der Waals surface area contributed by atoms with Crippen LogP contribution in [0.5, 0.6) is 11.5 Å². The Hall–Kier alpha value is -4.83. The Balaban J connectivity index is 1.84. The van der Waals surface area contributed by atoms with E-state index in [2.05, 4.69) is 5.32 Å². The number of methoxy groups -OCH3 is 1. The average Bonchev–Trinajstić information content (AvgIpc) is 3.06. The number of likely N-dealkylation sites (N-methyl/N-ethyl adjacent to an activating group) is 1. The van der Waals surface area contributed by atoms with Crippen molar-refractivity contribution in [3.05, 3.63) is 120 Å². The second-order valence-corrected chi connectivity index (χ2v) is 12.6. The summed E-state index contributed by atoms with van der Waals surface area (Å²) in [6, 6.07) is 28.9. The van der Waals surface area contributed by atoms with Crippen LogP contribution in [0.25, 0.3) is 0 Å². The Morgan fingerprint density at radius 3 is 2.20 bits per heavy atom. The molecule has 2 amide bonds. The van der Waals surface area contributed by atoms with E-state index in [0.29, 0.717) is 24.7 Å². The number of sulfonamides is 1. The molecule has 0 radical (unpaired) electrons. The van der Waals surface area contributed by atoms with Crippen molar-refractivity contribution in [3.8, 4) is 11.5 Å². The Morgan fingerprint density at radius 2 is 1.52 bits per heavy atom. The maximum Gasteiger partial charge on any atom is 0.264 e. The first-order valence-electron chi connectivity index (χ1n) is 15.2. The number of carbonyl (C=O) groups excluding carboxylic acids is 2. The highest BCUT2D eigenvalue weighted by Crippen LogP contribution is 2.33. The minimum atomic E-state index is -4.25. The molecule has 1 N–H and O–H groups in total. The molecule has 0 saturated heterocycles. The molecule has 0 bridgehead atoms. The molecule has 1 unspecified atom stereocenters. The van der Waals surface area contributed by atoms with Gasteiger partial charge in [0.15, 0.2) is 0 Å². The molecule has 4 aromatic rings. The van der Waals surface area contributed by atoms with Gasteiger partial charge in [-0.15, -0.1) is 0 Å². The minimum absolute atomic E-state index is 0.0288. The largest absolute Gasteiger partial charge is 0.497 e. The first kappa shape index (κ1) is 34.1. The van der Waals surface area contributed by atoms with Crippen LogP contribution in [0.15, 0.2) is 108 Å². The zero-order chi connectivity index (χ0) is 33.1. The molecule has 10 heteroatoms. The summed E-state index contributed by atoms with van der Waals surface area (Å²) in [5.41, 5.74) is 2.69. The van der Waals surface area contributed by atoms with Gasteiger partial charge in [-0.25, -0.2) is 8.42 Å². The van der Waals surface area contributed by atoms with E-state index in [1.165, 1.54) is 17.0 Å². The smallest absolute Gasteiger partial charge is 0.264 e. The SMILES string of the molecule is CCNC(=O)C(Cc1ccccc1)N(Cc1cccc(OC)c1)C(=O)CN(c1ccccc1OCC)S(=O)(=O)c1ccc(C)cc1. The minimum Gasteiger partial charge on any atom is -0.497 e. The second-order valence-electron chi connectivity index (χ2n) is 10.7. The number of carbonyl (C=O) groups is 2. The number of nitrogens with zero attached hydrogens (tertiary/aromatic N) is 2. The molecule has 242 valence electrons. The fourth-order valence-electron chi connectivity index (χ4n) is 5.11. The lowest BCUT2D eigenvalue weighted by molar-refractivity contribution is -0.140. The average molecular weight is 644 g/mol. The summed E-state index contributed by atoms with van der Waals surface area (Å²) in [7, 11) is -2.70. The topological polar surface area (TPSA) is 105 Å². The van der Waals surface area contributed by atoms with Gasteiger partial charge in [-0.2, -0.15) is 0 Å². The lowest BCUT2D eigenvalue weighted by Crippen LogP contribution is -2.53. The fraction of sp³-hybridized carbons (Fsp3) is 0.278. The third-order valence-corrected chi connectivity index (χ3v) is 9.20. The van der Waals surface area contributed by atoms with Crippen LogP contribution >= 0.6 is 0 Å². The molecule has 9 nitrogen and oxygen atoms in total. The lowest BCUT2D eigenvalue weighted by Gasteiger charge is -2.34. The highest BCUT2D eigenvalue weighted by atomic mass is 32.2. The van der Waals surface area contributed by atoms with Crippen LogP contribution in [-0.2, 0) is 32.6 Å². The van der Waals surface area contributed by atoms with Crippen molar-refractivity contribution >= 4 is 27.5 Å². The monoisotopic (exact) mass is 643 g/mol. The predicted molar refractivity (Wildman–Crippen MR) is 179 cm³/mol. The van der Waals surface area contributed by atoms with Gasteiger partial charge in [0, 0.05) is 19.5 Å². The van der Waals surface area contributed by atoms with E-state index < -0.39 is 28.5 Å². The highest BCUT2D eigenvalue weighted by molar-refractivity contribution is 7.92. The molecule has 0 aliphatic heterocycles. The van der Waals surface area contributed by atoms with Gasteiger partial charge in [0.25, 0.3) is 10.0 Å². The fourth-order valence-corrected chi connectivity index (χ4v) is 6.53. The maximum atomic E-state index is 14.6. The Bertz CT molecular complexity index is 1710. The van der Waals surface area contributed by atoms with Gasteiger partial charge in [0.05, 0.1) is 24.3 Å². The first-order valence-corrected chi connectivity index (χ1v) is 16.7. The van der Waals surface area contributed by atoms with Crippen LogP contribution < -0.4 is 19.1 Å². The number of amides is 2. The van der Waals surface area contributed by atoms with Crippen molar-refractivity contribution in [2.75, 3.05) is 31.1 Å². The lowest BCUT2D eigenvalue weighted by atomic mass is 10.0. The van der Waals surface area contributed by atoms with Gasteiger partial charge in [-0.05, 0) is 68.3 Å². The molecule has 0 aliphatic rings. The van der Waals surface area contributed by atoms with Gasteiger partial charge in [0.2, 0.25) is 11.8 Å². The third-order valence-electron chi connectivity index (χ3n) is 7.43. The first-order chi connectivity index (χ1) is 22.2. The van der Waals surface area contributed by atoms with Crippen molar-refractivity contribution in [3.63, 3.8) is 0 Å². The number of ether oxygens (including phenoxy) is 2. The summed E-state index contributed by atoms with van der Waals surface area (Å²) in [6.07, 6.45) is 0.225. The predicted octanol–water partition coefficient (Wildman–Crippen LogP) is 5.37. The maximum absolute atomic E-state index is 14.6. The van der Waals surface area contributed by atoms with E-state index in [-0.39, 0.29) is 29.5 Å². The number of rotatable bonds is 15. The number of hydrogen-bond acceptors (Lipinski definition) is 6. The third kappa shape index (κ3) is 8.45. The van der Waals surface area contributed by atoms with Gasteiger partial charge in [-0.3, -0.25) is 13.9 Å². The van der Waals surface area contributed by atoms with E-state index in [1.807, 2.05) is 56.3 Å². The number of benzene rings is 4. The number of nitrogens with one attached hydrogen (secondary N) is 1. The summed E-state index contributed by atoms with van der Waals surface area (Å²) in [5.74, 6) is 0.0105. The molecular weight excluding hydrogens is 602 g/mol. The van der Waals surface area contributed by atoms with Crippen molar-refractivity contribution in [2.24, 2.45) is 0 Å². The van der Waals surface area contributed by atoms with E-state index in [9.17, 15) is 18.0 Å². The Kier molecular flexibility index (Phi) is 11.8. The highest BCUT2D eigenvalue weighted by Gasteiger charge is 2.35. The molecule has 1 atom stereocenters. The zero-order valence-corrected chi connectivity index (χ0v) is 27.5. The molecule has 4 aromatic carbocycles. The second kappa shape index (κ2) is 15.9. The van der Waals surface area contributed by atoms with Crippen LogP contribution in [-0.4, -0.2) is 58.0 Å². The summed E-state index contributed by atoms with van der Waals surface area (Å²) in [4.78, 5) is 29.7. The Morgan fingerprint density at radius 1 is 0.848 bits per heavy atom. The molecule has 46 heavy (non-hydrogen) atoms. The van der Waals surface area contributed by atoms with Crippen molar-refractivity contribution in [1.82, 2.24) is 10.2 Å². The molecule has 0 fully saturated rings. The van der Waals surface area contributed by atoms with E-state index in [4.69, 9.17) is 9.47 Å². The summed E-state index contributed by atoms with van der Waals surface area (Å²) in [5, 5.41) is 2.87. The molecule has 0 aromatic heterocycles. The van der Waals surface area contributed by atoms with E-state index in [0.717, 1.165) is 21.0 Å². The molecule has 0 spiro atoms. The standard InChI is InChI=1S/C36H41N3O6S/c1-5-37-36(41)33(24-28-13-8-7-9-14-28)38(25-29-15-12-16-30(23-29)44-4)35(40)26-39(32-17-10-11-18-34(32)45-6-2)46(42,43)31-21-19-27(3)20-22-31/h7-23,33H,5-6,24-26H2,1-4H3,(H,37,41). The number of hydrogen-bond donors (Lipinski definition) is 1. The Labute approximate surface area is 271 Å². The molecule has 0 saturated carbocycles. The van der Waals surface area contributed by atoms with Crippen molar-refractivity contribution in [2.45, 2.75) is 44.7 Å². The number of aryl methyl sites for hydroxylation is 1. The van der Waals surface area contributed by atoms with Crippen molar-refractivity contribution in [1.29, 1.82) is 0 Å². The van der Waals surface area contributed by atoms with Crippen molar-refractivity contribution < 1.29 is 27.5 Å². The van der Waals surface area contributed by atoms with Gasteiger partial charge < -0.3 is 19.7 Å². The van der Waals surface area contributed by atoms with Crippen LogP contribution in [0.4, 0.5) is 5.69 Å². The molecule has 0 heterocycles. The van der Waals surface area contributed by atoms with Crippen LogP contribution in [0.1, 0.15) is 30.5 Å². The summed E-state index contributed by atoms with van der Waals surface area (Å²) in [6.45, 7) is 5.60. The molecule has 0 aliphatic carbocycles. The quantitative estimate of drug-likeness (QED) is 0.187. The van der Waals surface area contributed by atoms with Gasteiger partial charge in [0.1, 0.15) is 24.1 Å². The van der Waals surface area contributed by atoms with Crippen LogP contribution in [0.2, 0.25) is 0 Å². The molecule has 4 rings (SSSR count). The van der Waals surface area contributed by atoms with Crippen LogP contribution in [0.3, 0.4) is 0 Å². The summed E-state index contributed by atoms with van der Waals surface area (Å²) >= 11 is 0. The van der Waals surface area contributed by atoms with Gasteiger partial charge in [-0.1, -0.05) is 72.3 Å². The number of para-hydroxylation sites is 2. The van der Waals surface area contributed by atoms with Crippen LogP contribution in [0, 0.1) is 6.92 Å². The normalized spacial score (nSPS) is 11.7. The van der Waals surface area contributed by atoms with Gasteiger partial charge >= 0.3 is 0 Å². The van der Waals surface area contributed by atoms with E-state index >= 15 is 0 Å². The molecular formula is C36H41N3O6S. The summed E-state index contributed by atoms with van der Waals surface area (Å²) < 4.78 is 40.9. The van der Waals surface area contributed by atoms with E-state index in [1.54, 1.807) is 62.6 Å². The number of anilines is 1.